The summed E-state index contributed by atoms with van der Waals surface area (Å²) in [6.07, 6.45) is -1.56. The Labute approximate surface area is 681 Å². The highest BCUT2D eigenvalue weighted by Gasteiger charge is 2.41. The summed E-state index contributed by atoms with van der Waals surface area (Å²) in [4.78, 5) is 180. The van der Waals surface area contributed by atoms with E-state index in [9.17, 15) is 67.7 Å². The van der Waals surface area contributed by atoms with Crippen LogP contribution in [0.2, 0.25) is 0 Å². The van der Waals surface area contributed by atoms with Gasteiger partial charge in [-0.1, -0.05) is 178 Å². The Morgan fingerprint density at radius 3 is 1.38 bits per heavy atom. The van der Waals surface area contributed by atoms with E-state index in [1.807, 2.05) is 43.3 Å². The van der Waals surface area contributed by atoms with Crippen LogP contribution in [0.15, 0.2) is 121 Å². The Morgan fingerprint density at radius 1 is 0.443 bits per heavy atom. The highest BCUT2D eigenvalue weighted by Crippen LogP contribution is 2.37. The maximum atomic E-state index is 15.0. The molecule has 0 fully saturated rings. The Hall–Kier alpha value is -9.71. The zero-order chi connectivity index (χ0) is 85.6. The molecule has 115 heavy (non-hydrogen) atoms. The average molecular weight is 1640 g/mol. The lowest BCUT2D eigenvalue weighted by Gasteiger charge is -2.37. The number of aliphatic hydroxyl groups is 1. The fourth-order valence-electron chi connectivity index (χ4n) is 11.0. The van der Waals surface area contributed by atoms with Gasteiger partial charge in [0.2, 0.25) is 65.0 Å². The molecule has 9 atom stereocenters. The number of ether oxygens (including phenoxy) is 5. The third-order valence-electron chi connectivity index (χ3n) is 16.7. The molecule has 0 heterocycles. The fourth-order valence-corrected chi connectivity index (χ4v) is 12.8. The van der Waals surface area contributed by atoms with Gasteiger partial charge in [-0.3, -0.25) is 52.7 Å². The predicted molar refractivity (Wildman–Crippen MR) is 435 cm³/mol. The number of aliphatic hydroxyl groups excluding tert-OH is 1. The molecule has 34 heteroatoms. The molecule has 0 spiro atoms. The molecule has 0 aliphatic rings. The largest absolute Gasteiger partial charge is 0.480 e. The summed E-state index contributed by atoms with van der Waals surface area (Å²) in [5.41, 5.74) is -1.57. The maximum Gasteiger partial charge on any atom is 0.408 e. The van der Waals surface area contributed by atoms with E-state index < -0.39 is 199 Å². The third kappa shape index (κ3) is 36.3. The van der Waals surface area contributed by atoms with E-state index in [0.29, 0.717) is 28.0 Å². The second-order valence-electron chi connectivity index (χ2n) is 30.8. The number of aliphatic carboxylic acids is 1. The molecule has 0 bridgehead atoms. The van der Waals surface area contributed by atoms with Crippen molar-refractivity contribution in [3.8, 4) is 0 Å². The van der Waals surface area contributed by atoms with Gasteiger partial charge in [0.15, 0.2) is 0 Å². The van der Waals surface area contributed by atoms with Crippen molar-refractivity contribution < 1.29 is 96.2 Å². The summed E-state index contributed by atoms with van der Waals surface area (Å²) in [6, 6.07) is 22.1. The monoisotopic (exact) mass is 1640 g/mol. The summed E-state index contributed by atoms with van der Waals surface area (Å²) >= 11 is 0. The minimum Gasteiger partial charge on any atom is -0.480 e. The second kappa shape index (κ2) is 48.6. The molecule has 4 aromatic rings. The van der Waals surface area contributed by atoms with Crippen LogP contribution >= 0.6 is 21.6 Å². The predicted octanol–water partition coefficient (Wildman–Crippen LogP) is 3.60. The number of hydrogen-bond acceptors (Lipinski definition) is 21. The standard InChI is InChI=1S/C81H118N12O20S2/c1-16-114-115-49-63(91-77(108)113-80(13,14)15)69(99)82-37-38-109-39-40-110-48-66(97)83-44-65(96)92-67(51(4)5)75(105)86-58(43-64(95)93-81(54-31-23-18-24-32-54,55-33-25-19-26-34-55)56-35-27-20-28-36-56)70(100)84-52(6)68(98)88-60(45-94)72(102)89-62(47-112-79(10,11)12)74(104)90-61(46-111-78(7,8)9)73(103)85-57(41-50(2)3)71(101)87-59(76(106)107)42-53-29-21-17-22-30-53/h17-36,50-52,57-63,67,94H,16,37-49H2,1-15H3,(H,82,99)(H,83,97)(H,84,100)(H,85,103)(H,86,105)(H,87,101)(H,88,98)(H,89,102)(H,90,104)(H,91,108)(H,92,96)(H,93,95)(H,106,107)/t52-,57-,58-,59-,60-,61-,62-,63-,67-/m0/s1. The van der Waals surface area contributed by atoms with Crippen LogP contribution < -0.4 is 63.8 Å². The molecule has 4 aromatic carbocycles. The molecular formula is C81H118N12O20S2. The highest BCUT2D eigenvalue weighted by atomic mass is 33.1. The number of carbonyl (C=O) groups is 13. The second-order valence-corrected chi connectivity index (χ2v) is 33.6. The molecule has 0 unspecified atom stereocenters. The molecule has 0 radical (unpaired) electrons. The van der Waals surface area contributed by atoms with Crippen molar-refractivity contribution in [2.75, 3.05) is 70.8 Å². The number of carbonyl (C=O) groups excluding carboxylic acids is 12. The Kier molecular flexibility index (Phi) is 41.3. The normalized spacial score (nSPS) is 14.1. The van der Waals surface area contributed by atoms with Crippen molar-refractivity contribution in [1.29, 1.82) is 0 Å². The number of nitrogens with one attached hydrogen (secondary N) is 12. The van der Waals surface area contributed by atoms with Crippen molar-refractivity contribution in [2.45, 2.75) is 200 Å². The van der Waals surface area contributed by atoms with E-state index in [0.717, 1.165) is 5.75 Å². The van der Waals surface area contributed by atoms with Crippen LogP contribution in [-0.2, 0) is 93.2 Å². The van der Waals surface area contributed by atoms with Gasteiger partial charge in [0.25, 0.3) is 0 Å². The van der Waals surface area contributed by atoms with E-state index in [4.69, 9.17) is 23.7 Å². The van der Waals surface area contributed by atoms with Gasteiger partial charge in [0.1, 0.15) is 72.1 Å². The molecule has 0 aliphatic carbocycles. The number of carboxylic acid groups (broad SMARTS) is 1. The van der Waals surface area contributed by atoms with Crippen LogP contribution in [0.5, 0.6) is 0 Å². The smallest absolute Gasteiger partial charge is 0.408 e. The lowest BCUT2D eigenvalue weighted by molar-refractivity contribution is -0.142. The van der Waals surface area contributed by atoms with Gasteiger partial charge in [-0.25, -0.2) is 9.59 Å². The zero-order valence-electron chi connectivity index (χ0n) is 68.4. The summed E-state index contributed by atoms with van der Waals surface area (Å²) in [5.74, 6) is -11.0. The Balaban J connectivity index is 1.54. The molecule has 634 valence electrons. The first-order valence-electron chi connectivity index (χ1n) is 38.1. The van der Waals surface area contributed by atoms with E-state index in [1.54, 1.807) is 175 Å². The van der Waals surface area contributed by atoms with Crippen molar-refractivity contribution in [2.24, 2.45) is 11.8 Å². The van der Waals surface area contributed by atoms with Gasteiger partial charge < -0.3 is 97.7 Å². The van der Waals surface area contributed by atoms with Gasteiger partial charge in [0, 0.05) is 24.5 Å². The molecule has 0 aromatic heterocycles. The van der Waals surface area contributed by atoms with Gasteiger partial charge >= 0.3 is 12.1 Å². The fraction of sp³-hybridized carbons (Fsp3) is 0.543. The molecule has 4 rings (SSSR count). The number of benzene rings is 4. The summed E-state index contributed by atoms with van der Waals surface area (Å²) in [5, 5.41) is 52.0. The number of rotatable bonds is 48. The molecular weight excluding hydrogens is 1530 g/mol. The summed E-state index contributed by atoms with van der Waals surface area (Å²) in [7, 11) is 2.96. The van der Waals surface area contributed by atoms with Gasteiger partial charge in [-0.2, -0.15) is 0 Å². The van der Waals surface area contributed by atoms with E-state index in [-0.39, 0.29) is 45.1 Å². The molecule has 32 nitrogen and oxygen atoms in total. The van der Waals surface area contributed by atoms with Crippen LogP contribution in [0.1, 0.15) is 139 Å². The maximum absolute atomic E-state index is 15.0. The van der Waals surface area contributed by atoms with Crippen LogP contribution in [-0.4, -0.2) is 229 Å². The first-order valence-corrected chi connectivity index (χ1v) is 40.6. The topological polar surface area (TPSA) is 453 Å². The lowest BCUT2D eigenvalue weighted by Crippen LogP contribution is -2.62. The van der Waals surface area contributed by atoms with E-state index >= 15 is 4.79 Å². The minimum atomic E-state index is -1.85. The molecule has 14 N–H and O–H groups in total. The highest BCUT2D eigenvalue weighted by molar-refractivity contribution is 8.76. The minimum absolute atomic E-state index is 0.0214. The van der Waals surface area contributed by atoms with Gasteiger partial charge in [0.05, 0.1) is 63.8 Å². The zero-order valence-corrected chi connectivity index (χ0v) is 70.0. The summed E-state index contributed by atoms with van der Waals surface area (Å²) in [6.45, 7) is 22.0. The summed E-state index contributed by atoms with van der Waals surface area (Å²) < 4.78 is 28.2. The first-order chi connectivity index (χ1) is 54.1. The van der Waals surface area contributed by atoms with Crippen molar-refractivity contribution in [3.05, 3.63) is 144 Å². The van der Waals surface area contributed by atoms with E-state index in [2.05, 4.69) is 63.8 Å². The van der Waals surface area contributed by atoms with Crippen molar-refractivity contribution in [3.63, 3.8) is 0 Å². The molecule has 0 saturated heterocycles. The SMILES string of the molecule is CCSSC[C@H](NC(=O)OC(C)(C)C)C(=O)NCCOCCOCC(=O)NCC(=O)N[C@H](C(=O)N[C@@H](CC(=O)NC(c1ccccc1)(c1ccccc1)c1ccccc1)C(=O)N[C@@H](C)C(=O)N[C@@H](CO)C(=O)N[C@@H](COC(C)(C)C)C(=O)N[C@@H](COC(C)(C)C)C(=O)N[C@@H](CC(C)C)C(=O)N[C@@H](Cc1ccccc1)C(=O)O)C(C)C. The molecule has 0 saturated carbocycles. The quantitative estimate of drug-likeness (QED) is 0.0171. The van der Waals surface area contributed by atoms with Gasteiger partial charge in [-0.15, -0.1) is 0 Å². The Bertz CT molecular complexity index is 3700. The van der Waals surface area contributed by atoms with Crippen molar-refractivity contribution in [1.82, 2.24) is 63.8 Å². The molecule has 12 amide bonds. The van der Waals surface area contributed by atoms with Crippen LogP contribution in [0.4, 0.5) is 4.79 Å². The number of amides is 12. The van der Waals surface area contributed by atoms with Crippen LogP contribution in [0.3, 0.4) is 0 Å². The Morgan fingerprint density at radius 2 is 0.904 bits per heavy atom. The van der Waals surface area contributed by atoms with Crippen molar-refractivity contribution >= 4 is 98.6 Å². The van der Waals surface area contributed by atoms with E-state index in [1.165, 1.54) is 28.5 Å². The number of hydrogen-bond donors (Lipinski definition) is 14. The van der Waals surface area contributed by atoms with Crippen LogP contribution in [0.25, 0.3) is 0 Å². The van der Waals surface area contributed by atoms with Gasteiger partial charge in [-0.05, 0) is 110 Å². The number of carboxylic acids is 1. The average Bonchev–Trinajstić information content (AvgIpc) is 0.753. The third-order valence-corrected chi connectivity index (χ3v) is 19.2. The number of alkyl carbamates (subject to hydrolysis) is 1. The van der Waals surface area contributed by atoms with Crippen LogP contribution in [0, 0.1) is 11.8 Å². The lowest BCUT2D eigenvalue weighted by atomic mass is 9.77. The first kappa shape index (κ1) is 97.7. The molecule has 0 aliphatic heterocycles.